The summed E-state index contributed by atoms with van der Waals surface area (Å²) < 4.78 is 23.8. The second-order valence-corrected chi connectivity index (χ2v) is 9.01. The Labute approximate surface area is 207 Å². The average Bonchev–Trinajstić information content (AvgIpc) is 2.90. The molecule has 35 heavy (non-hydrogen) atoms. The van der Waals surface area contributed by atoms with E-state index in [2.05, 4.69) is 23.1 Å². The molecule has 0 atom stereocenters. The van der Waals surface area contributed by atoms with Crippen LogP contribution in [0, 0.1) is 5.82 Å². The predicted molar refractivity (Wildman–Crippen MR) is 135 cm³/mol. The third-order valence-electron chi connectivity index (χ3n) is 6.75. The molecule has 3 aromatic carbocycles. The number of piperidine rings is 1. The van der Waals surface area contributed by atoms with Crippen LogP contribution in [0.15, 0.2) is 72.8 Å². The van der Waals surface area contributed by atoms with Crippen LogP contribution in [0.5, 0.6) is 5.75 Å². The van der Waals surface area contributed by atoms with Crippen LogP contribution >= 0.6 is 0 Å². The Morgan fingerprint density at radius 3 is 2.23 bits per heavy atom. The molecule has 4 rings (SSSR count). The molecule has 1 fully saturated rings. The number of amides is 1. The van der Waals surface area contributed by atoms with E-state index in [1.54, 1.807) is 12.0 Å². The number of carbonyl (C=O) groups is 1. The van der Waals surface area contributed by atoms with Gasteiger partial charge in [0.05, 0.1) is 20.8 Å². The van der Waals surface area contributed by atoms with Crippen molar-refractivity contribution in [2.45, 2.75) is 38.4 Å². The Hall–Kier alpha value is -3.38. The molecular formula is C29H33FN2O3. The average molecular weight is 477 g/mol. The number of hydrogen-bond donors (Lipinski definition) is 0. The van der Waals surface area contributed by atoms with Crippen molar-refractivity contribution in [3.8, 4) is 5.75 Å². The lowest BCUT2D eigenvalue weighted by Crippen LogP contribution is -2.33. The van der Waals surface area contributed by atoms with Gasteiger partial charge in [0, 0.05) is 18.7 Å². The Balaban J connectivity index is 1.45. The van der Waals surface area contributed by atoms with Crippen LogP contribution in [0.25, 0.3) is 0 Å². The maximum Gasteiger partial charge on any atom is 0.410 e. The van der Waals surface area contributed by atoms with Gasteiger partial charge in [-0.3, -0.25) is 9.80 Å². The SMILES string of the molecule is COC(=O)N(Cc1ccccc1OC)Cc1ccccc1C1CCN(Cc2ccc(F)cc2)CC1. The zero-order chi connectivity index (χ0) is 24.6. The van der Waals surface area contributed by atoms with Gasteiger partial charge < -0.3 is 9.47 Å². The van der Waals surface area contributed by atoms with Crippen molar-refractivity contribution >= 4 is 6.09 Å². The Bertz CT molecular complexity index is 1110. The second kappa shape index (κ2) is 11.8. The quantitative estimate of drug-likeness (QED) is 0.401. The molecule has 0 spiro atoms. The smallest absolute Gasteiger partial charge is 0.410 e. The van der Waals surface area contributed by atoms with Gasteiger partial charge in [-0.15, -0.1) is 0 Å². The molecule has 1 heterocycles. The molecule has 5 nitrogen and oxygen atoms in total. The molecular weight excluding hydrogens is 443 g/mol. The molecule has 6 heteroatoms. The van der Waals surface area contributed by atoms with E-state index in [9.17, 15) is 9.18 Å². The number of para-hydroxylation sites is 1. The summed E-state index contributed by atoms with van der Waals surface area (Å²) in [5.74, 6) is 0.986. The van der Waals surface area contributed by atoms with Gasteiger partial charge in [-0.2, -0.15) is 0 Å². The van der Waals surface area contributed by atoms with Gasteiger partial charge in [0.2, 0.25) is 0 Å². The highest BCUT2D eigenvalue weighted by Gasteiger charge is 2.24. The lowest BCUT2D eigenvalue weighted by Gasteiger charge is -2.33. The molecule has 1 aliphatic heterocycles. The molecule has 1 amide bonds. The number of ether oxygens (including phenoxy) is 2. The third-order valence-corrected chi connectivity index (χ3v) is 6.75. The first-order valence-corrected chi connectivity index (χ1v) is 12.1. The van der Waals surface area contributed by atoms with Crippen LogP contribution in [0.2, 0.25) is 0 Å². The summed E-state index contributed by atoms with van der Waals surface area (Å²) in [6.07, 6.45) is 1.73. The molecule has 0 bridgehead atoms. The number of carbonyl (C=O) groups excluding carboxylic acids is 1. The van der Waals surface area contributed by atoms with Crippen molar-refractivity contribution < 1.29 is 18.7 Å². The molecule has 0 aliphatic carbocycles. The molecule has 0 unspecified atom stereocenters. The first-order valence-electron chi connectivity index (χ1n) is 12.1. The predicted octanol–water partition coefficient (Wildman–Crippen LogP) is 5.98. The van der Waals surface area contributed by atoms with Crippen molar-refractivity contribution in [2.24, 2.45) is 0 Å². The third kappa shape index (κ3) is 6.40. The van der Waals surface area contributed by atoms with Crippen LogP contribution < -0.4 is 4.74 Å². The van der Waals surface area contributed by atoms with Gasteiger partial charge >= 0.3 is 6.09 Å². The fraction of sp³-hybridized carbons (Fsp3) is 0.345. The molecule has 0 radical (unpaired) electrons. The number of rotatable bonds is 8. The lowest BCUT2D eigenvalue weighted by molar-refractivity contribution is 0.117. The van der Waals surface area contributed by atoms with Crippen molar-refractivity contribution in [3.05, 3.63) is 101 Å². The highest BCUT2D eigenvalue weighted by atomic mass is 19.1. The van der Waals surface area contributed by atoms with Gasteiger partial charge in [0.15, 0.2) is 0 Å². The van der Waals surface area contributed by atoms with Crippen molar-refractivity contribution in [1.82, 2.24) is 9.80 Å². The number of benzene rings is 3. The van der Waals surface area contributed by atoms with Crippen molar-refractivity contribution in [2.75, 3.05) is 27.3 Å². The Morgan fingerprint density at radius 1 is 0.914 bits per heavy atom. The zero-order valence-corrected chi connectivity index (χ0v) is 20.5. The van der Waals surface area contributed by atoms with Gasteiger partial charge in [-0.1, -0.05) is 54.6 Å². The minimum Gasteiger partial charge on any atom is -0.496 e. The zero-order valence-electron chi connectivity index (χ0n) is 20.5. The van der Waals surface area contributed by atoms with E-state index >= 15 is 0 Å². The molecule has 1 aliphatic rings. The molecule has 0 aromatic heterocycles. The number of halogens is 1. The maximum absolute atomic E-state index is 13.2. The summed E-state index contributed by atoms with van der Waals surface area (Å²) in [4.78, 5) is 16.8. The van der Waals surface area contributed by atoms with Crippen LogP contribution in [0.3, 0.4) is 0 Å². The first kappa shape index (κ1) is 24.7. The van der Waals surface area contributed by atoms with Gasteiger partial charge in [0.25, 0.3) is 0 Å². The maximum atomic E-state index is 13.2. The van der Waals surface area contributed by atoms with Crippen LogP contribution in [0.1, 0.15) is 41.0 Å². The van der Waals surface area contributed by atoms with E-state index in [1.807, 2.05) is 42.5 Å². The van der Waals surface area contributed by atoms with Gasteiger partial charge in [-0.05, 0) is 66.7 Å². The normalized spacial score (nSPS) is 14.5. The van der Waals surface area contributed by atoms with E-state index < -0.39 is 0 Å². The summed E-state index contributed by atoms with van der Waals surface area (Å²) >= 11 is 0. The van der Waals surface area contributed by atoms with Crippen molar-refractivity contribution in [1.29, 1.82) is 0 Å². The van der Waals surface area contributed by atoms with Gasteiger partial charge in [-0.25, -0.2) is 9.18 Å². The summed E-state index contributed by atoms with van der Waals surface area (Å²) in [5.41, 5.74) is 4.51. The van der Waals surface area contributed by atoms with Crippen molar-refractivity contribution in [3.63, 3.8) is 0 Å². The van der Waals surface area contributed by atoms with E-state index in [-0.39, 0.29) is 11.9 Å². The summed E-state index contributed by atoms with van der Waals surface area (Å²) in [7, 11) is 3.05. The first-order chi connectivity index (χ1) is 17.1. The molecule has 0 N–H and O–H groups in total. The van der Waals surface area contributed by atoms with E-state index in [1.165, 1.54) is 24.8 Å². The number of hydrogen-bond acceptors (Lipinski definition) is 4. The highest BCUT2D eigenvalue weighted by Crippen LogP contribution is 2.32. The lowest BCUT2D eigenvalue weighted by atomic mass is 9.86. The minimum absolute atomic E-state index is 0.198. The number of methoxy groups -OCH3 is 2. The minimum atomic E-state index is -0.361. The summed E-state index contributed by atoms with van der Waals surface area (Å²) in [5, 5.41) is 0. The number of nitrogens with zero attached hydrogens (tertiary/aromatic N) is 2. The largest absolute Gasteiger partial charge is 0.496 e. The fourth-order valence-electron chi connectivity index (χ4n) is 4.89. The van der Waals surface area contributed by atoms with E-state index in [4.69, 9.17) is 9.47 Å². The van der Waals surface area contributed by atoms with E-state index in [0.717, 1.165) is 54.9 Å². The molecule has 1 saturated heterocycles. The van der Waals surface area contributed by atoms with Gasteiger partial charge in [0.1, 0.15) is 11.6 Å². The Morgan fingerprint density at radius 2 is 1.54 bits per heavy atom. The highest BCUT2D eigenvalue weighted by molar-refractivity contribution is 5.67. The Kier molecular flexibility index (Phi) is 8.37. The number of likely N-dealkylation sites (tertiary alicyclic amines) is 1. The molecule has 0 saturated carbocycles. The summed E-state index contributed by atoms with van der Waals surface area (Å²) in [6.45, 7) is 3.68. The molecule has 184 valence electrons. The van der Waals surface area contributed by atoms with Crippen LogP contribution in [-0.2, 0) is 24.4 Å². The second-order valence-electron chi connectivity index (χ2n) is 9.01. The topological polar surface area (TPSA) is 42.0 Å². The van der Waals surface area contributed by atoms with Crippen LogP contribution in [-0.4, -0.2) is 43.2 Å². The molecule has 3 aromatic rings. The van der Waals surface area contributed by atoms with Crippen LogP contribution in [0.4, 0.5) is 9.18 Å². The standard InChI is InChI=1S/C29H33FN2O3/c1-34-28-10-6-4-8-25(28)21-32(29(33)35-2)20-24-7-3-5-9-27(24)23-15-17-31(18-16-23)19-22-11-13-26(30)14-12-22/h3-14,23H,15-21H2,1-2H3. The van der Waals surface area contributed by atoms with E-state index in [0.29, 0.717) is 19.0 Å². The summed E-state index contributed by atoms with van der Waals surface area (Å²) in [6, 6.07) is 22.9. The monoisotopic (exact) mass is 476 g/mol. The fourth-order valence-corrected chi connectivity index (χ4v) is 4.89.